The van der Waals surface area contributed by atoms with Gasteiger partial charge in [-0.05, 0) is 89.7 Å². The highest BCUT2D eigenvalue weighted by Gasteiger charge is 2.35. The summed E-state index contributed by atoms with van der Waals surface area (Å²) in [6.07, 6.45) is 14.5. The van der Waals surface area contributed by atoms with Gasteiger partial charge in [0, 0.05) is 22.2 Å². The lowest BCUT2D eigenvalue weighted by Crippen LogP contribution is -2.21. The van der Waals surface area contributed by atoms with Crippen LogP contribution in [0.5, 0.6) is 0 Å². The molecule has 0 aromatic heterocycles. The van der Waals surface area contributed by atoms with E-state index in [1.54, 1.807) is 0 Å². The van der Waals surface area contributed by atoms with Crippen LogP contribution in [0.25, 0.3) is 0 Å². The molecule has 0 saturated carbocycles. The zero-order valence-corrected chi connectivity index (χ0v) is 22.0. The average Bonchev–Trinajstić information content (AvgIpc) is 3.08. The average molecular weight is 462 g/mol. The summed E-state index contributed by atoms with van der Waals surface area (Å²) in [6.45, 7) is 16.0. The van der Waals surface area contributed by atoms with Gasteiger partial charge in [0.05, 0.1) is 0 Å². The van der Waals surface area contributed by atoms with E-state index in [4.69, 9.17) is 0 Å². The summed E-state index contributed by atoms with van der Waals surface area (Å²) in [4.78, 5) is 0. The molecule has 0 fully saturated rings. The summed E-state index contributed by atoms with van der Waals surface area (Å²) in [5, 5.41) is 3.69. The Morgan fingerprint density at radius 2 is 1.71 bits per heavy atom. The van der Waals surface area contributed by atoms with Gasteiger partial charge in [0.15, 0.2) is 0 Å². The molecule has 1 nitrogen and oxygen atoms in total. The fourth-order valence-electron chi connectivity index (χ4n) is 6.07. The summed E-state index contributed by atoms with van der Waals surface area (Å²) < 4.78 is 0. The van der Waals surface area contributed by atoms with E-state index in [1.165, 1.54) is 63.2 Å². The molecule has 1 aliphatic heterocycles. The zero-order chi connectivity index (χ0) is 24.8. The van der Waals surface area contributed by atoms with Crippen LogP contribution in [0.1, 0.15) is 70.1 Å². The Morgan fingerprint density at radius 1 is 1.00 bits per heavy atom. The molecule has 1 N–H and O–H groups in total. The van der Waals surface area contributed by atoms with Crippen molar-refractivity contribution in [2.75, 3.05) is 5.32 Å². The van der Waals surface area contributed by atoms with Crippen molar-refractivity contribution in [2.24, 2.45) is 5.92 Å². The van der Waals surface area contributed by atoms with Crippen LogP contribution in [0.3, 0.4) is 0 Å². The van der Waals surface area contributed by atoms with Crippen LogP contribution in [0, 0.1) is 12.8 Å². The van der Waals surface area contributed by atoms with E-state index >= 15 is 0 Å². The normalized spacial score (nSPS) is 23.3. The van der Waals surface area contributed by atoms with Crippen molar-refractivity contribution < 1.29 is 0 Å². The molecule has 2 aliphatic carbocycles. The molecule has 1 heteroatoms. The van der Waals surface area contributed by atoms with Crippen molar-refractivity contribution >= 4 is 5.69 Å². The van der Waals surface area contributed by atoms with Crippen molar-refractivity contribution in [3.63, 3.8) is 0 Å². The second kappa shape index (κ2) is 8.86. The molecule has 1 unspecified atom stereocenters. The lowest BCUT2D eigenvalue weighted by atomic mass is 9.73. The Balaban J connectivity index is 1.41. The van der Waals surface area contributed by atoms with E-state index in [0.29, 0.717) is 5.92 Å². The van der Waals surface area contributed by atoms with Crippen LogP contribution in [-0.4, -0.2) is 0 Å². The van der Waals surface area contributed by atoms with Gasteiger partial charge in [-0.3, -0.25) is 0 Å². The number of benzene rings is 2. The van der Waals surface area contributed by atoms with Gasteiger partial charge < -0.3 is 5.32 Å². The van der Waals surface area contributed by atoms with E-state index in [2.05, 4.69) is 119 Å². The molecule has 0 bridgehead atoms. The number of nitrogens with one attached hydrogen (secondary N) is 1. The summed E-state index contributed by atoms with van der Waals surface area (Å²) >= 11 is 0. The standard InChI is InChI=1S/C34H39N/c1-23-11-7-8-12-29(23)33(3,4)24(2)19-25-15-17-27-18-16-26(21-28(27)20-25)22-32-34(5,6)30-13-9-10-14-31(30)35-32/h7-14,19-22,27,35H,2,15-18H2,1,3-6H3/b25-19+,32-22+. The lowest BCUT2D eigenvalue weighted by Gasteiger charge is -2.31. The third-order valence-corrected chi connectivity index (χ3v) is 8.59. The van der Waals surface area contributed by atoms with E-state index in [9.17, 15) is 0 Å². The van der Waals surface area contributed by atoms with Crippen molar-refractivity contribution in [1.82, 2.24) is 0 Å². The second-order valence-corrected chi connectivity index (χ2v) is 11.7. The molecular weight excluding hydrogens is 422 g/mol. The number of rotatable bonds is 4. The minimum Gasteiger partial charge on any atom is -0.358 e. The topological polar surface area (TPSA) is 12.0 Å². The van der Waals surface area contributed by atoms with E-state index in [0.717, 1.165) is 12.8 Å². The van der Waals surface area contributed by atoms with Crippen LogP contribution in [0.15, 0.2) is 107 Å². The Kier molecular flexibility index (Phi) is 5.99. The van der Waals surface area contributed by atoms with Gasteiger partial charge in [-0.2, -0.15) is 0 Å². The summed E-state index contributed by atoms with van der Waals surface area (Å²) in [7, 11) is 0. The lowest BCUT2D eigenvalue weighted by molar-refractivity contribution is 0.501. The second-order valence-electron chi connectivity index (χ2n) is 11.7. The first-order valence-electron chi connectivity index (χ1n) is 13.1. The molecule has 35 heavy (non-hydrogen) atoms. The fraction of sp³-hybridized carbons (Fsp3) is 0.353. The van der Waals surface area contributed by atoms with Crippen LogP contribution in [0.2, 0.25) is 0 Å². The monoisotopic (exact) mass is 461 g/mol. The highest BCUT2D eigenvalue weighted by Crippen LogP contribution is 2.45. The highest BCUT2D eigenvalue weighted by molar-refractivity contribution is 5.68. The fourth-order valence-corrected chi connectivity index (χ4v) is 6.07. The summed E-state index contributed by atoms with van der Waals surface area (Å²) in [5.74, 6) is 0.689. The predicted molar refractivity (Wildman–Crippen MR) is 151 cm³/mol. The van der Waals surface area contributed by atoms with Gasteiger partial charge in [0.1, 0.15) is 0 Å². The van der Waals surface area contributed by atoms with Gasteiger partial charge in [-0.15, -0.1) is 0 Å². The van der Waals surface area contributed by atoms with Crippen molar-refractivity contribution in [1.29, 1.82) is 0 Å². The zero-order valence-electron chi connectivity index (χ0n) is 22.0. The molecule has 1 atom stereocenters. The Labute approximate surface area is 212 Å². The Morgan fingerprint density at radius 3 is 2.49 bits per heavy atom. The van der Waals surface area contributed by atoms with Gasteiger partial charge in [0.2, 0.25) is 0 Å². The van der Waals surface area contributed by atoms with E-state index in [-0.39, 0.29) is 10.8 Å². The number of anilines is 1. The third-order valence-electron chi connectivity index (χ3n) is 8.59. The molecule has 2 aromatic carbocycles. The van der Waals surface area contributed by atoms with Crippen LogP contribution in [-0.2, 0) is 10.8 Å². The Hall–Kier alpha value is -3.06. The minimum atomic E-state index is -0.0829. The van der Waals surface area contributed by atoms with Crippen molar-refractivity contribution in [3.05, 3.63) is 124 Å². The molecule has 2 aromatic rings. The first kappa shape index (κ1) is 23.7. The number of hydrogen-bond donors (Lipinski definition) is 1. The summed E-state index contributed by atoms with van der Waals surface area (Å²) in [6, 6.07) is 17.4. The van der Waals surface area contributed by atoms with E-state index in [1.807, 2.05) is 0 Å². The number of allylic oxidation sites excluding steroid dienone is 9. The third kappa shape index (κ3) is 4.38. The molecule has 0 amide bonds. The SMILES string of the molecule is C=C(/C=C1/C=C2C=C(/C=C3/Nc4ccccc4C3(C)C)CCC2CC1)C(C)(C)c1ccccc1C. The maximum absolute atomic E-state index is 4.52. The molecule has 3 aliphatic rings. The molecule has 0 spiro atoms. The molecular formula is C34H39N. The first-order chi connectivity index (χ1) is 16.7. The van der Waals surface area contributed by atoms with Crippen LogP contribution >= 0.6 is 0 Å². The quantitative estimate of drug-likeness (QED) is 0.479. The first-order valence-corrected chi connectivity index (χ1v) is 13.1. The van der Waals surface area contributed by atoms with Gasteiger partial charge in [0.25, 0.3) is 0 Å². The van der Waals surface area contributed by atoms with Gasteiger partial charge >= 0.3 is 0 Å². The molecule has 0 radical (unpaired) electrons. The highest BCUT2D eigenvalue weighted by atomic mass is 15.0. The smallest absolute Gasteiger partial charge is 0.0424 e. The van der Waals surface area contributed by atoms with Crippen LogP contribution < -0.4 is 5.32 Å². The minimum absolute atomic E-state index is 0.0131. The van der Waals surface area contributed by atoms with Crippen LogP contribution in [0.4, 0.5) is 5.69 Å². The number of para-hydroxylation sites is 1. The predicted octanol–water partition coefficient (Wildman–Crippen LogP) is 9.10. The van der Waals surface area contributed by atoms with Gasteiger partial charge in [-0.1, -0.05) is 95.0 Å². The molecule has 0 saturated heterocycles. The van der Waals surface area contributed by atoms with Crippen molar-refractivity contribution in [2.45, 2.75) is 71.1 Å². The maximum atomic E-state index is 4.52. The van der Waals surface area contributed by atoms with E-state index < -0.39 is 0 Å². The number of hydrogen-bond acceptors (Lipinski definition) is 1. The molecule has 1 heterocycles. The number of fused-ring (bicyclic) bond motifs is 2. The molecule has 180 valence electrons. The largest absolute Gasteiger partial charge is 0.358 e. The maximum Gasteiger partial charge on any atom is 0.0424 e. The Bertz CT molecular complexity index is 1290. The van der Waals surface area contributed by atoms with Crippen molar-refractivity contribution in [3.8, 4) is 0 Å². The number of aryl methyl sites for hydroxylation is 1. The van der Waals surface area contributed by atoms with Gasteiger partial charge in [-0.25, -0.2) is 0 Å². The molecule has 5 rings (SSSR count). The summed E-state index contributed by atoms with van der Waals surface area (Å²) in [5.41, 5.74) is 12.1.